The zero-order valence-corrected chi connectivity index (χ0v) is 21.9. The largest absolute Gasteiger partial charge is 0.496 e. The summed E-state index contributed by atoms with van der Waals surface area (Å²) in [6.07, 6.45) is 0. The number of amides is 1. The van der Waals surface area contributed by atoms with Crippen LogP contribution in [0.1, 0.15) is 53.2 Å². The Morgan fingerprint density at radius 1 is 1.21 bits per heavy atom. The van der Waals surface area contributed by atoms with E-state index in [9.17, 15) is 14.9 Å². The van der Waals surface area contributed by atoms with E-state index in [0.717, 1.165) is 10.4 Å². The average molecular weight is 555 g/mol. The monoisotopic (exact) mass is 553 g/mol. The molecule has 0 saturated heterocycles. The topological polar surface area (TPSA) is 94.4 Å². The summed E-state index contributed by atoms with van der Waals surface area (Å²) < 4.78 is 5.27. The van der Waals surface area contributed by atoms with Gasteiger partial charge in [-0.25, -0.2) is 4.98 Å². The van der Waals surface area contributed by atoms with Crippen LogP contribution in [0, 0.1) is 10.1 Å². The van der Waals surface area contributed by atoms with Crippen LogP contribution in [-0.4, -0.2) is 29.5 Å². The van der Waals surface area contributed by atoms with Crippen molar-refractivity contribution in [2.75, 3.05) is 19.0 Å². The number of thiazole rings is 1. The third-order valence-electron chi connectivity index (χ3n) is 4.86. The van der Waals surface area contributed by atoms with Gasteiger partial charge in [-0.1, -0.05) is 56.6 Å². The zero-order chi connectivity index (χ0) is 23.5. The molecule has 1 unspecified atom stereocenters. The van der Waals surface area contributed by atoms with E-state index in [4.69, 9.17) is 16.3 Å². The highest BCUT2D eigenvalue weighted by atomic mass is 79.9. The van der Waals surface area contributed by atoms with Gasteiger partial charge in [0.1, 0.15) is 5.75 Å². The van der Waals surface area contributed by atoms with E-state index in [1.165, 1.54) is 18.4 Å². The first-order valence-electron chi connectivity index (χ1n) is 9.93. The molecule has 1 N–H and O–H groups in total. The predicted molar refractivity (Wildman–Crippen MR) is 137 cm³/mol. The van der Waals surface area contributed by atoms with Crippen molar-refractivity contribution in [2.45, 2.75) is 32.1 Å². The highest BCUT2D eigenvalue weighted by Crippen LogP contribution is 2.40. The number of carbonyl (C=O) groups is 1. The molecule has 0 aliphatic carbocycles. The van der Waals surface area contributed by atoms with Crippen LogP contribution < -0.4 is 10.1 Å². The van der Waals surface area contributed by atoms with Gasteiger partial charge in [0.2, 0.25) is 6.54 Å². The second-order valence-electron chi connectivity index (χ2n) is 8.26. The highest BCUT2D eigenvalue weighted by Gasteiger charge is 2.32. The molecule has 10 heteroatoms. The molecular formula is C23H25BrClN3O4S. The van der Waals surface area contributed by atoms with Gasteiger partial charge in [-0.2, -0.15) is 0 Å². The zero-order valence-electron chi connectivity index (χ0n) is 18.6. The second kappa shape index (κ2) is 11.1. The minimum absolute atomic E-state index is 0. The molecule has 176 valence electrons. The third kappa shape index (κ3) is 6.52. The Balaban J connectivity index is 0.00000385. The SMILES string of the molecule is Br.COc1ccccc1C(=O)Nc1nc(C(C)(C)C)c(C(C[N+](=O)[O-])c2ccc(Cl)cc2)s1. The molecule has 0 spiro atoms. The number of methoxy groups -OCH3 is 1. The number of hydrogen-bond donors (Lipinski definition) is 1. The number of benzene rings is 2. The maximum Gasteiger partial charge on any atom is 0.261 e. The summed E-state index contributed by atoms with van der Waals surface area (Å²) in [5.41, 5.74) is 1.46. The molecule has 1 amide bonds. The fourth-order valence-electron chi connectivity index (χ4n) is 3.34. The summed E-state index contributed by atoms with van der Waals surface area (Å²) in [5.74, 6) is -0.434. The molecule has 0 bridgehead atoms. The maximum atomic E-state index is 12.9. The fourth-order valence-corrected chi connectivity index (χ4v) is 4.76. The summed E-state index contributed by atoms with van der Waals surface area (Å²) in [4.78, 5) is 29.5. The number of ether oxygens (including phenoxy) is 1. The molecule has 0 aliphatic heterocycles. The van der Waals surface area contributed by atoms with Crippen LogP contribution in [0.5, 0.6) is 5.75 Å². The lowest BCUT2D eigenvalue weighted by Crippen LogP contribution is -2.20. The number of para-hydroxylation sites is 1. The molecule has 3 rings (SSSR count). The van der Waals surface area contributed by atoms with Gasteiger partial charge in [0.15, 0.2) is 5.13 Å². The van der Waals surface area contributed by atoms with Crippen molar-refractivity contribution < 1.29 is 14.5 Å². The summed E-state index contributed by atoms with van der Waals surface area (Å²) in [7, 11) is 1.50. The molecule has 1 aromatic heterocycles. The Morgan fingerprint density at radius 2 is 1.85 bits per heavy atom. The number of nitrogens with one attached hydrogen (secondary N) is 1. The average Bonchev–Trinajstić information content (AvgIpc) is 3.16. The standard InChI is InChI=1S/C23H24ClN3O4S.BrH/c1-23(2,3)20-19(17(13-27(29)30)14-9-11-15(24)12-10-14)32-22(25-20)26-21(28)16-7-5-6-8-18(16)31-4;/h5-12,17H,13H2,1-4H3,(H,25,26,28);1H. The van der Waals surface area contributed by atoms with Crippen LogP contribution in [0.4, 0.5) is 5.13 Å². The van der Waals surface area contributed by atoms with Crippen LogP contribution in [0.25, 0.3) is 0 Å². The molecule has 33 heavy (non-hydrogen) atoms. The number of anilines is 1. The number of nitro groups is 1. The molecule has 7 nitrogen and oxygen atoms in total. The molecule has 3 aromatic rings. The van der Waals surface area contributed by atoms with Gasteiger partial charge in [0.05, 0.1) is 24.3 Å². The number of aromatic nitrogens is 1. The van der Waals surface area contributed by atoms with E-state index < -0.39 is 5.92 Å². The first-order valence-corrected chi connectivity index (χ1v) is 11.1. The van der Waals surface area contributed by atoms with Crippen molar-refractivity contribution in [1.82, 2.24) is 4.98 Å². The van der Waals surface area contributed by atoms with E-state index >= 15 is 0 Å². The quantitative estimate of drug-likeness (QED) is 0.272. The first kappa shape index (κ1) is 26.8. The Kier molecular flexibility index (Phi) is 8.99. The van der Waals surface area contributed by atoms with E-state index in [-0.39, 0.29) is 39.8 Å². The van der Waals surface area contributed by atoms with E-state index in [2.05, 4.69) is 10.3 Å². The van der Waals surface area contributed by atoms with Crippen molar-refractivity contribution >= 4 is 51.0 Å². The van der Waals surface area contributed by atoms with Crippen LogP contribution in [0.2, 0.25) is 5.02 Å². The van der Waals surface area contributed by atoms with Crippen molar-refractivity contribution in [2.24, 2.45) is 0 Å². The van der Waals surface area contributed by atoms with Gasteiger partial charge in [-0.3, -0.25) is 20.2 Å². The maximum absolute atomic E-state index is 12.9. The summed E-state index contributed by atoms with van der Waals surface area (Å²) >= 11 is 7.27. The Morgan fingerprint density at radius 3 is 2.42 bits per heavy atom. The minimum atomic E-state index is -0.522. The lowest BCUT2D eigenvalue weighted by Gasteiger charge is -2.21. The van der Waals surface area contributed by atoms with Crippen LogP contribution in [-0.2, 0) is 5.41 Å². The van der Waals surface area contributed by atoms with Gasteiger partial charge in [0.25, 0.3) is 5.91 Å². The first-order chi connectivity index (χ1) is 15.1. The number of carbonyl (C=O) groups excluding carboxylic acids is 1. The molecule has 0 fully saturated rings. The van der Waals surface area contributed by atoms with E-state index in [1.54, 1.807) is 48.5 Å². The molecule has 0 saturated carbocycles. The molecule has 1 heterocycles. The van der Waals surface area contributed by atoms with E-state index in [1.807, 2.05) is 20.8 Å². The normalized spacial score (nSPS) is 11.9. The Bertz CT molecular complexity index is 1130. The predicted octanol–water partition coefficient (Wildman–Crippen LogP) is 6.34. The second-order valence-corrected chi connectivity index (χ2v) is 9.72. The van der Waals surface area contributed by atoms with Gasteiger partial charge < -0.3 is 4.74 Å². The lowest BCUT2D eigenvalue weighted by molar-refractivity contribution is -0.481. The summed E-state index contributed by atoms with van der Waals surface area (Å²) in [5, 5.41) is 15.3. The Hall–Kier alpha value is -2.49. The van der Waals surface area contributed by atoms with Crippen molar-refractivity contribution in [3.05, 3.63) is 85.4 Å². The van der Waals surface area contributed by atoms with Crippen molar-refractivity contribution in [1.29, 1.82) is 0 Å². The van der Waals surface area contributed by atoms with E-state index in [0.29, 0.717) is 27.2 Å². The summed E-state index contributed by atoms with van der Waals surface area (Å²) in [6, 6.07) is 13.9. The highest BCUT2D eigenvalue weighted by molar-refractivity contribution is 8.93. The minimum Gasteiger partial charge on any atom is -0.496 e. The number of halogens is 2. The van der Waals surface area contributed by atoms with Gasteiger partial charge in [0, 0.05) is 20.2 Å². The number of rotatable bonds is 7. The van der Waals surface area contributed by atoms with Crippen molar-refractivity contribution in [3.63, 3.8) is 0 Å². The van der Waals surface area contributed by atoms with Gasteiger partial charge in [-0.15, -0.1) is 28.3 Å². The third-order valence-corrected chi connectivity index (χ3v) is 6.19. The summed E-state index contributed by atoms with van der Waals surface area (Å²) in [6.45, 7) is 5.67. The Labute approximate surface area is 212 Å². The molecule has 0 radical (unpaired) electrons. The smallest absolute Gasteiger partial charge is 0.261 e. The number of hydrogen-bond acceptors (Lipinski definition) is 6. The molecule has 1 atom stereocenters. The lowest BCUT2D eigenvalue weighted by atomic mass is 9.86. The van der Waals surface area contributed by atoms with Gasteiger partial charge in [-0.05, 0) is 29.8 Å². The number of nitrogens with zero attached hydrogens (tertiary/aromatic N) is 2. The fraction of sp³-hybridized carbons (Fsp3) is 0.304. The van der Waals surface area contributed by atoms with Crippen molar-refractivity contribution in [3.8, 4) is 5.75 Å². The van der Waals surface area contributed by atoms with Crippen LogP contribution in [0.3, 0.4) is 0 Å². The molecule has 2 aromatic carbocycles. The molecule has 0 aliphatic rings. The van der Waals surface area contributed by atoms with Crippen LogP contribution in [0.15, 0.2) is 48.5 Å². The van der Waals surface area contributed by atoms with Crippen LogP contribution >= 0.6 is 39.9 Å². The van der Waals surface area contributed by atoms with Gasteiger partial charge >= 0.3 is 0 Å². The molecular weight excluding hydrogens is 530 g/mol.